The highest BCUT2D eigenvalue weighted by Gasteiger charge is 2.41. The van der Waals surface area contributed by atoms with Crippen LogP contribution in [-0.4, -0.2) is 47.3 Å². The Morgan fingerprint density at radius 2 is 2.25 bits per heavy atom. The number of rotatable bonds is 6. The van der Waals surface area contributed by atoms with Crippen molar-refractivity contribution >= 4 is 5.97 Å². The largest absolute Gasteiger partial charge is 0.481 e. The van der Waals surface area contributed by atoms with E-state index in [-0.39, 0.29) is 0 Å². The number of ether oxygens (including phenoxy) is 1. The Kier molecular flexibility index (Phi) is 5.09. The van der Waals surface area contributed by atoms with Crippen molar-refractivity contribution in [1.29, 1.82) is 0 Å². The first kappa shape index (κ1) is 14.9. The fourth-order valence-corrected chi connectivity index (χ4v) is 2.67. The van der Waals surface area contributed by atoms with Gasteiger partial charge in [-0.3, -0.25) is 14.7 Å². The number of pyridine rings is 1. The molecule has 0 spiro atoms. The molecule has 0 aliphatic carbocycles. The highest BCUT2D eigenvalue weighted by Crippen LogP contribution is 2.30. The van der Waals surface area contributed by atoms with Crippen molar-refractivity contribution in [3.05, 3.63) is 30.1 Å². The SMILES string of the molecule is CCN(Cc1ccncc1)CC1(C(=O)O)CCCOC1. The van der Waals surface area contributed by atoms with Gasteiger partial charge in [0.2, 0.25) is 0 Å². The molecule has 1 aliphatic rings. The van der Waals surface area contributed by atoms with Crippen LogP contribution < -0.4 is 0 Å². The van der Waals surface area contributed by atoms with Gasteiger partial charge in [-0.25, -0.2) is 0 Å². The predicted molar refractivity (Wildman–Crippen MR) is 75.3 cm³/mol. The second kappa shape index (κ2) is 6.81. The molecule has 110 valence electrons. The molecule has 1 fully saturated rings. The van der Waals surface area contributed by atoms with E-state index in [4.69, 9.17) is 4.74 Å². The van der Waals surface area contributed by atoms with E-state index in [1.54, 1.807) is 12.4 Å². The van der Waals surface area contributed by atoms with Crippen LogP contribution in [-0.2, 0) is 16.1 Å². The smallest absolute Gasteiger partial charge is 0.313 e. The van der Waals surface area contributed by atoms with E-state index in [1.165, 1.54) is 0 Å². The Morgan fingerprint density at radius 1 is 1.50 bits per heavy atom. The lowest BCUT2D eigenvalue weighted by atomic mass is 9.82. The first-order valence-electron chi connectivity index (χ1n) is 7.09. The van der Waals surface area contributed by atoms with Gasteiger partial charge in [0.1, 0.15) is 5.41 Å². The summed E-state index contributed by atoms with van der Waals surface area (Å²) in [6.45, 7) is 5.13. The molecular weight excluding hydrogens is 256 g/mol. The normalized spacial score (nSPS) is 22.9. The third-order valence-electron chi connectivity index (χ3n) is 3.91. The lowest BCUT2D eigenvalue weighted by molar-refractivity contribution is -0.159. The van der Waals surface area contributed by atoms with Crippen molar-refractivity contribution in [2.24, 2.45) is 5.41 Å². The Bertz CT molecular complexity index is 430. The molecule has 20 heavy (non-hydrogen) atoms. The third-order valence-corrected chi connectivity index (χ3v) is 3.91. The van der Waals surface area contributed by atoms with Crippen molar-refractivity contribution in [3.63, 3.8) is 0 Å². The van der Waals surface area contributed by atoms with Crippen LogP contribution in [0.4, 0.5) is 0 Å². The molecule has 1 atom stereocenters. The van der Waals surface area contributed by atoms with E-state index in [1.807, 2.05) is 12.1 Å². The van der Waals surface area contributed by atoms with Gasteiger partial charge in [0.15, 0.2) is 0 Å². The summed E-state index contributed by atoms with van der Waals surface area (Å²) < 4.78 is 5.42. The van der Waals surface area contributed by atoms with Gasteiger partial charge in [-0.2, -0.15) is 0 Å². The summed E-state index contributed by atoms with van der Waals surface area (Å²) in [6.07, 6.45) is 5.04. The van der Waals surface area contributed by atoms with Gasteiger partial charge in [-0.1, -0.05) is 6.92 Å². The number of aromatic nitrogens is 1. The molecule has 1 aliphatic heterocycles. The summed E-state index contributed by atoms with van der Waals surface area (Å²) in [5.41, 5.74) is 0.389. The molecule has 0 amide bonds. The second-order valence-corrected chi connectivity index (χ2v) is 5.40. The van der Waals surface area contributed by atoms with Gasteiger partial charge >= 0.3 is 5.97 Å². The van der Waals surface area contributed by atoms with E-state index in [2.05, 4.69) is 16.8 Å². The molecule has 5 nitrogen and oxygen atoms in total. The topological polar surface area (TPSA) is 62.7 Å². The van der Waals surface area contributed by atoms with Crippen LogP contribution in [0.1, 0.15) is 25.3 Å². The lowest BCUT2D eigenvalue weighted by Gasteiger charge is -2.37. The Morgan fingerprint density at radius 3 is 2.80 bits per heavy atom. The number of carboxylic acid groups (broad SMARTS) is 1. The number of hydrogen-bond donors (Lipinski definition) is 1. The molecule has 1 aromatic rings. The van der Waals surface area contributed by atoms with E-state index >= 15 is 0 Å². The van der Waals surface area contributed by atoms with Crippen LogP contribution in [0.3, 0.4) is 0 Å². The Balaban J connectivity index is 2.05. The van der Waals surface area contributed by atoms with Gasteiger partial charge in [0.25, 0.3) is 0 Å². The summed E-state index contributed by atoms with van der Waals surface area (Å²) in [4.78, 5) is 17.8. The van der Waals surface area contributed by atoms with Crippen molar-refractivity contribution in [3.8, 4) is 0 Å². The molecule has 0 bridgehead atoms. The van der Waals surface area contributed by atoms with Gasteiger partial charge in [0.05, 0.1) is 6.61 Å². The minimum Gasteiger partial charge on any atom is -0.481 e. The summed E-state index contributed by atoms with van der Waals surface area (Å²) in [5.74, 6) is -0.745. The fraction of sp³-hybridized carbons (Fsp3) is 0.600. The molecule has 2 heterocycles. The number of nitrogens with zero attached hydrogens (tertiary/aromatic N) is 2. The second-order valence-electron chi connectivity index (χ2n) is 5.40. The molecule has 1 aromatic heterocycles. The van der Waals surface area contributed by atoms with Gasteiger partial charge in [-0.15, -0.1) is 0 Å². The van der Waals surface area contributed by atoms with Crippen LogP contribution >= 0.6 is 0 Å². The van der Waals surface area contributed by atoms with Crippen molar-refractivity contribution < 1.29 is 14.6 Å². The van der Waals surface area contributed by atoms with E-state index < -0.39 is 11.4 Å². The maximum Gasteiger partial charge on any atom is 0.313 e. The van der Waals surface area contributed by atoms with E-state index in [0.29, 0.717) is 26.2 Å². The summed E-state index contributed by atoms with van der Waals surface area (Å²) >= 11 is 0. The number of carboxylic acids is 1. The molecule has 1 saturated heterocycles. The first-order valence-corrected chi connectivity index (χ1v) is 7.09. The standard InChI is InChI=1S/C15H22N2O3/c1-2-17(10-13-4-7-16-8-5-13)11-15(14(18)19)6-3-9-20-12-15/h4-5,7-8H,2-3,6,9-12H2,1H3,(H,18,19). The summed E-state index contributed by atoms with van der Waals surface area (Å²) in [5, 5.41) is 9.58. The van der Waals surface area contributed by atoms with E-state index in [0.717, 1.165) is 25.1 Å². The molecule has 5 heteroatoms. The van der Waals surface area contributed by atoms with Crippen molar-refractivity contribution in [1.82, 2.24) is 9.88 Å². The van der Waals surface area contributed by atoms with Gasteiger partial charge in [-0.05, 0) is 37.1 Å². The van der Waals surface area contributed by atoms with Crippen LogP contribution in [0.2, 0.25) is 0 Å². The molecule has 0 radical (unpaired) electrons. The minimum atomic E-state index is -0.763. The lowest BCUT2D eigenvalue weighted by Crippen LogP contribution is -2.48. The molecule has 2 rings (SSSR count). The van der Waals surface area contributed by atoms with E-state index in [9.17, 15) is 9.90 Å². The maximum atomic E-state index is 11.7. The van der Waals surface area contributed by atoms with Crippen molar-refractivity contribution in [2.45, 2.75) is 26.3 Å². The van der Waals surface area contributed by atoms with Crippen LogP contribution in [0.5, 0.6) is 0 Å². The van der Waals surface area contributed by atoms with Gasteiger partial charge < -0.3 is 9.84 Å². The molecule has 0 aromatic carbocycles. The fourth-order valence-electron chi connectivity index (χ4n) is 2.67. The van der Waals surface area contributed by atoms with Crippen LogP contribution in [0, 0.1) is 5.41 Å². The molecule has 1 N–H and O–H groups in total. The number of aliphatic carboxylic acids is 1. The summed E-state index contributed by atoms with van der Waals surface area (Å²) in [7, 11) is 0. The Labute approximate surface area is 119 Å². The number of carbonyl (C=O) groups is 1. The average molecular weight is 278 g/mol. The van der Waals surface area contributed by atoms with Crippen LogP contribution in [0.25, 0.3) is 0 Å². The quantitative estimate of drug-likeness (QED) is 0.859. The third kappa shape index (κ3) is 3.55. The van der Waals surface area contributed by atoms with Crippen molar-refractivity contribution in [2.75, 3.05) is 26.3 Å². The van der Waals surface area contributed by atoms with Crippen LogP contribution in [0.15, 0.2) is 24.5 Å². The molecule has 0 saturated carbocycles. The van der Waals surface area contributed by atoms with Gasteiger partial charge in [0, 0.05) is 32.1 Å². The first-order chi connectivity index (χ1) is 9.66. The number of hydrogen-bond acceptors (Lipinski definition) is 4. The Hall–Kier alpha value is -1.46. The monoisotopic (exact) mass is 278 g/mol. The minimum absolute atomic E-state index is 0.315. The summed E-state index contributed by atoms with van der Waals surface area (Å²) in [6, 6.07) is 3.93. The zero-order chi connectivity index (χ0) is 14.4. The maximum absolute atomic E-state index is 11.7. The molecule has 1 unspecified atom stereocenters. The average Bonchev–Trinajstić information content (AvgIpc) is 2.48. The highest BCUT2D eigenvalue weighted by atomic mass is 16.5. The molecular formula is C15H22N2O3. The zero-order valence-electron chi connectivity index (χ0n) is 11.9. The predicted octanol–water partition coefficient (Wildman–Crippen LogP) is 1.78. The zero-order valence-corrected chi connectivity index (χ0v) is 11.9. The highest BCUT2D eigenvalue weighted by molar-refractivity contribution is 5.75.